The van der Waals surface area contributed by atoms with Crippen LogP contribution in [0.4, 0.5) is 10.5 Å². The van der Waals surface area contributed by atoms with Gasteiger partial charge >= 0.3 is 12.0 Å². The molecule has 1 aromatic rings. The number of carbonyl (C=O) groups excluding carboxylic acids is 1. The Bertz CT molecular complexity index is 580. The van der Waals surface area contributed by atoms with Crippen LogP contribution in [0.15, 0.2) is 18.2 Å². The number of rotatable bonds is 2. The van der Waals surface area contributed by atoms with Gasteiger partial charge in [-0.15, -0.1) is 11.8 Å². The van der Waals surface area contributed by atoms with Gasteiger partial charge in [-0.2, -0.15) is 0 Å². The van der Waals surface area contributed by atoms with Gasteiger partial charge in [-0.25, -0.2) is 9.59 Å². The Morgan fingerprint density at radius 2 is 2.05 bits per heavy atom. The zero-order valence-corrected chi connectivity index (χ0v) is 11.9. The van der Waals surface area contributed by atoms with Gasteiger partial charge in [0.05, 0.1) is 5.88 Å². The van der Waals surface area contributed by atoms with Crippen LogP contribution in [0.25, 0.3) is 0 Å². The van der Waals surface area contributed by atoms with E-state index in [1.165, 1.54) is 16.7 Å². The van der Waals surface area contributed by atoms with E-state index in [4.69, 9.17) is 14.6 Å². The average Bonchev–Trinajstić information content (AvgIpc) is 2.97. The number of benzene rings is 1. The van der Waals surface area contributed by atoms with Crippen molar-refractivity contribution in [2.24, 2.45) is 0 Å². The smallest absolute Gasteiger partial charge is 0.327 e. The van der Waals surface area contributed by atoms with Crippen molar-refractivity contribution in [1.29, 1.82) is 0 Å². The van der Waals surface area contributed by atoms with E-state index in [0.717, 1.165) is 0 Å². The quantitative estimate of drug-likeness (QED) is 0.859. The second kappa shape index (κ2) is 5.72. The van der Waals surface area contributed by atoms with Crippen molar-refractivity contribution < 1.29 is 24.2 Å². The molecule has 0 unspecified atom stereocenters. The summed E-state index contributed by atoms with van der Waals surface area (Å²) in [4.78, 5) is 24.6. The van der Waals surface area contributed by atoms with Crippen LogP contribution >= 0.6 is 11.8 Å². The zero-order valence-electron chi connectivity index (χ0n) is 11.1. The molecule has 2 N–H and O–H groups in total. The van der Waals surface area contributed by atoms with E-state index in [9.17, 15) is 9.59 Å². The summed E-state index contributed by atoms with van der Waals surface area (Å²) in [6, 6.07) is 3.88. The van der Waals surface area contributed by atoms with Gasteiger partial charge in [0.25, 0.3) is 0 Å². The number of carbonyl (C=O) groups is 2. The molecule has 0 aliphatic carbocycles. The summed E-state index contributed by atoms with van der Waals surface area (Å²) < 4.78 is 10.8. The summed E-state index contributed by atoms with van der Waals surface area (Å²) in [6.07, 6.45) is 0. The highest BCUT2D eigenvalue weighted by Gasteiger charge is 2.34. The second-order valence-electron chi connectivity index (χ2n) is 4.61. The third kappa shape index (κ3) is 2.85. The van der Waals surface area contributed by atoms with Crippen molar-refractivity contribution in [2.45, 2.75) is 6.04 Å². The van der Waals surface area contributed by atoms with Gasteiger partial charge in [0.15, 0.2) is 11.5 Å². The highest BCUT2D eigenvalue weighted by atomic mass is 32.2. The fourth-order valence-electron chi connectivity index (χ4n) is 2.16. The summed E-state index contributed by atoms with van der Waals surface area (Å²) >= 11 is 1.42. The number of amides is 2. The molecule has 1 atom stereocenters. The second-order valence-corrected chi connectivity index (χ2v) is 5.61. The first kappa shape index (κ1) is 13.9. The predicted molar refractivity (Wildman–Crippen MR) is 77.0 cm³/mol. The molecule has 0 bridgehead atoms. The zero-order chi connectivity index (χ0) is 14.8. The minimum Gasteiger partial charge on any atom is -0.486 e. The number of hydrogen-bond donors (Lipinski definition) is 2. The molecule has 0 aromatic heterocycles. The van der Waals surface area contributed by atoms with E-state index < -0.39 is 18.0 Å². The van der Waals surface area contributed by atoms with Crippen LogP contribution in [-0.2, 0) is 4.79 Å². The van der Waals surface area contributed by atoms with Crippen LogP contribution in [-0.4, -0.2) is 52.9 Å². The minimum absolute atomic E-state index is 0.368. The summed E-state index contributed by atoms with van der Waals surface area (Å²) in [5.41, 5.74) is 0.547. The van der Waals surface area contributed by atoms with E-state index in [-0.39, 0.29) is 0 Å². The summed E-state index contributed by atoms with van der Waals surface area (Å²) in [5, 5.41) is 11.8. The molecule has 1 aromatic carbocycles. The Kier molecular flexibility index (Phi) is 3.78. The van der Waals surface area contributed by atoms with Gasteiger partial charge in [0.1, 0.15) is 19.3 Å². The molecule has 2 aliphatic heterocycles. The number of urea groups is 1. The van der Waals surface area contributed by atoms with Crippen LogP contribution in [0, 0.1) is 0 Å². The lowest BCUT2D eigenvalue weighted by Crippen LogP contribution is -2.43. The van der Waals surface area contributed by atoms with E-state index >= 15 is 0 Å². The maximum absolute atomic E-state index is 12.2. The van der Waals surface area contributed by atoms with Crippen molar-refractivity contribution in [3.8, 4) is 11.5 Å². The number of hydrogen-bond acceptors (Lipinski definition) is 5. The number of nitrogens with one attached hydrogen (secondary N) is 1. The molecule has 8 heteroatoms. The highest BCUT2D eigenvalue weighted by Crippen LogP contribution is 2.33. The number of thioether (sulfide) groups is 1. The molecular formula is C13H14N2O5S. The molecule has 112 valence electrons. The number of carboxylic acids is 1. The van der Waals surface area contributed by atoms with E-state index in [1.807, 2.05) is 0 Å². The van der Waals surface area contributed by atoms with Crippen molar-refractivity contribution in [3.63, 3.8) is 0 Å². The molecule has 0 radical (unpaired) electrons. The average molecular weight is 310 g/mol. The normalized spacial score (nSPS) is 20.2. The fraction of sp³-hybridized carbons (Fsp3) is 0.385. The van der Waals surface area contributed by atoms with E-state index in [0.29, 0.717) is 42.0 Å². The number of anilines is 1. The number of carboxylic acid groups (broad SMARTS) is 1. The summed E-state index contributed by atoms with van der Waals surface area (Å²) in [6.45, 7) is 0.970. The van der Waals surface area contributed by atoms with Crippen LogP contribution in [0.2, 0.25) is 0 Å². The van der Waals surface area contributed by atoms with Crippen molar-refractivity contribution >= 4 is 29.4 Å². The Hall–Kier alpha value is -2.09. The van der Waals surface area contributed by atoms with E-state index in [2.05, 4.69) is 5.32 Å². The van der Waals surface area contributed by atoms with Crippen LogP contribution in [0.5, 0.6) is 11.5 Å². The molecule has 2 heterocycles. The first-order valence-electron chi connectivity index (χ1n) is 6.43. The Morgan fingerprint density at radius 3 is 2.81 bits per heavy atom. The standard InChI is InChI=1S/C13H14N2O5S/c16-12(17)9-6-21-7-15(9)13(18)14-8-1-2-10-11(5-8)20-4-3-19-10/h1-2,5,9H,3-4,6-7H2,(H,14,18)(H,16,17)/t9-/m0/s1. The molecule has 0 spiro atoms. The van der Waals surface area contributed by atoms with E-state index in [1.54, 1.807) is 18.2 Å². The monoisotopic (exact) mass is 310 g/mol. The number of aliphatic carboxylic acids is 1. The van der Waals surface area contributed by atoms with Gasteiger partial charge in [-0.1, -0.05) is 0 Å². The first-order chi connectivity index (χ1) is 10.1. The third-order valence-electron chi connectivity index (χ3n) is 3.22. The largest absolute Gasteiger partial charge is 0.486 e. The highest BCUT2D eigenvalue weighted by molar-refractivity contribution is 7.99. The summed E-state index contributed by atoms with van der Waals surface area (Å²) in [7, 11) is 0. The molecule has 0 saturated carbocycles. The Morgan fingerprint density at radius 1 is 1.29 bits per heavy atom. The molecular weight excluding hydrogens is 296 g/mol. The van der Waals surface area contributed by atoms with Crippen LogP contribution in [0.1, 0.15) is 0 Å². The molecule has 1 fully saturated rings. The number of fused-ring (bicyclic) bond motifs is 1. The summed E-state index contributed by atoms with van der Waals surface area (Å²) in [5.74, 6) is 0.999. The maximum Gasteiger partial charge on any atom is 0.327 e. The SMILES string of the molecule is O=C(O)[C@@H]1CSCN1C(=O)Nc1ccc2c(c1)OCCO2. The van der Waals surface area contributed by atoms with Crippen molar-refractivity contribution in [3.05, 3.63) is 18.2 Å². The lowest BCUT2D eigenvalue weighted by Gasteiger charge is -2.22. The molecule has 3 rings (SSSR count). The van der Waals surface area contributed by atoms with Gasteiger partial charge in [0.2, 0.25) is 0 Å². The molecule has 7 nitrogen and oxygen atoms in total. The van der Waals surface area contributed by atoms with Crippen molar-refractivity contribution in [1.82, 2.24) is 4.90 Å². The predicted octanol–water partition coefficient (Wildman–Crippen LogP) is 1.45. The molecule has 2 aliphatic rings. The lowest BCUT2D eigenvalue weighted by atomic mass is 10.2. The molecule has 21 heavy (non-hydrogen) atoms. The Labute approximate surface area is 125 Å². The van der Waals surface area contributed by atoms with Crippen molar-refractivity contribution in [2.75, 3.05) is 30.2 Å². The van der Waals surface area contributed by atoms with Gasteiger partial charge < -0.3 is 24.8 Å². The lowest BCUT2D eigenvalue weighted by molar-refractivity contribution is -0.140. The molecule has 1 saturated heterocycles. The van der Waals surface area contributed by atoms with Gasteiger partial charge in [-0.3, -0.25) is 0 Å². The van der Waals surface area contributed by atoms with Crippen LogP contribution in [0.3, 0.4) is 0 Å². The molecule has 2 amide bonds. The van der Waals surface area contributed by atoms with Crippen LogP contribution < -0.4 is 14.8 Å². The third-order valence-corrected chi connectivity index (χ3v) is 4.23. The fourth-order valence-corrected chi connectivity index (χ4v) is 3.31. The minimum atomic E-state index is -0.989. The van der Waals surface area contributed by atoms with Gasteiger partial charge in [0, 0.05) is 17.5 Å². The number of nitrogens with zero attached hydrogens (tertiary/aromatic N) is 1. The first-order valence-corrected chi connectivity index (χ1v) is 7.58. The number of ether oxygens (including phenoxy) is 2. The Balaban J connectivity index is 1.71. The van der Waals surface area contributed by atoms with Gasteiger partial charge in [-0.05, 0) is 12.1 Å². The maximum atomic E-state index is 12.2. The topological polar surface area (TPSA) is 88.1 Å².